The van der Waals surface area contributed by atoms with Crippen LogP contribution in [0.15, 0.2) is 200 Å². The number of nitrogens with zero attached hydrogens (tertiary/aromatic N) is 5. The van der Waals surface area contributed by atoms with Crippen LogP contribution in [0.25, 0.3) is 111 Å². The highest BCUT2D eigenvalue weighted by atomic mass is 19.4. The Labute approximate surface area is 445 Å². The first-order valence-corrected chi connectivity index (χ1v) is 24.4. The standard InChI is InChI=1S/C63H33F12N5/c64-60(65,66)42-23-39(24-43(31-42)61(67,68)69)37-19-21-55-48(27-37)46-15-7-9-17-53(46)79(55)57-29-41(52-33-51(35-11-3-1-4-12-35)77-59(78-52)36-13-5-2-6-14-36)30-58(50(57)34-76)80-54-18-10-8-16-47(54)49-28-38(20-22-56(49)80)40-25-44(62(70,71)72)32-45(26-40)63(73,74)75/h1-33H. The number of benzene rings is 9. The Morgan fingerprint density at radius 1 is 0.312 bits per heavy atom. The van der Waals surface area contributed by atoms with Gasteiger partial charge in [-0.15, -0.1) is 0 Å². The van der Waals surface area contributed by atoms with E-state index in [1.165, 1.54) is 24.3 Å². The quantitative estimate of drug-likeness (QED) is 0.149. The fraction of sp³-hybridized carbons (Fsp3) is 0.0635. The molecule has 0 bridgehead atoms. The van der Waals surface area contributed by atoms with Gasteiger partial charge in [0.1, 0.15) is 11.6 Å². The van der Waals surface area contributed by atoms with Gasteiger partial charge >= 0.3 is 24.7 Å². The topological polar surface area (TPSA) is 59.4 Å². The third kappa shape index (κ3) is 9.11. The highest BCUT2D eigenvalue weighted by Crippen LogP contribution is 2.45. The van der Waals surface area contributed by atoms with Gasteiger partial charge < -0.3 is 9.13 Å². The Morgan fingerprint density at radius 3 is 1.07 bits per heavy atom. The lowest BCUT2D eigenvalue weighted by atomic mass is 9.97. The zero-order valence-electron chi connectivity index (χ0n) is 40.8. The van der Waals surface area contributed by atoms with Crippen LogP contribution in [0.4, 0.5) is 52.7 Å². The van der Waals surface area contributed by atoms with Crippen molar-refractivity contribution in [2.75, 3.05) is 0 Å². The summed E-state index contributed by atoms with van der Waals surface area (Å²) in [5.41, 5.74) is -1.47. The first-order valence-electron chi connectivity index (χ1n) is 24.4. The van der Waals surface area contributed by atoms with Crippen LogP contribution in [0.2, 0.25) is 0 Å². The van der Waals surface area contributed by atoms with Gasteiger partial charge in [0.25, 0.3) is 0 Å². The van der Waals surface area contributed by atoms with Crippen LogP contribution in [-0.4, -0.2) is 19.1 Å². The van der Waals surface area contributed by atoms with Gasteiger partial charge in [0.05, 0.1) is 67.1 Å². The van der Waals surface area contributed by atoms with Crippen molar-refractivity contribution >= 4 is 43.6 Å². The zero-order valence-corrected chi connectivity index (χ0v) is 40.8. The van der Waals surface area contributed by atoms with Gasteiger partial charge in [0, 0.05) is 38.2 Å². The molecule has 5 nitrogen and oxygen atoms in total. The van der Waals surface area contributed by atoms with E-state index < -0.39 is 47.0 Å². The number of nitriles is 1. The summed E-state index contributed by atoms with van der Waals surface area (Å²) in [6.07, 6.45) is -20.4. The normalized spacial score (nSPS) is 12.5. The molecule has 0 amide bonds. The SMILES string of the molecule is N#Cc1c(-n2c3ccccc3c3cc(-c4cc(C(F)(F)F)cc(C(F)(F)F)c4)ccc32)cc(-c2cc(-c3ccccc3)nc(-c3ccccc3)n2)cc1-n1c2ccccc2c2cc(-c3cc(C(F)(F)F)cc(C(F)(F)F)c3)ccc21. The molecule has 0 fully saturated rings. The van der Waals surface area contributed by atoms with Crippen molar-refractivity contribution in [3.8, 4) is 73.6 Å². The molecule has 0 N–H and O–H groups in total. The van der Waals surface area contributed by atoms with Crippen LogP contribution in [-0.2, 0) is 24.7 Å². The molecular weight excluding hydrogens is 1050 g/mol. The van der Waals surface area contributed by atoms with E-state index in [0.717, 1.165) is 5.56 Å². The van der Waals surface area contributed by atoms with E-state index in [1.54, 1.807) is 88.0 Å². The minimum absolute atomic E-state index is 0.0410. The first kappa shape index (κ1) is 51.1. The van der Waals surface area contributed by atoms with Crippen molar-refractivity contribution in [1.29, 1.82) is 5.26 Å². The number of hydrogen-bond donors (Lipinski definition) is 0. The molecular formula is C63H33F12N5. The van der Waals surface area contributed by atoms with E-state index >= 15 is 0 Å². The number of hydrogen-bond acceptors (Lipinski definition) is 3. The lowest BCUT2D eigenvalue weighted by molar-refractivity contribution is -0.144. The molecule has 0 atom stereocenters. The number of halogens is 12. The lowest BCUT2D eigenvalue weighted by Gasteiger charge is -2.19. The van der Waals surface area contributed by atoms with Crippen molar-refractivity contribution in [1.82, 2.24) is 19.1 Å². The number of para-hydroxylation sites is 2. The number of fused-ring (bicyclic) bond motifs is 6. The molecule has 0 aliphatic heterocycles. The molecule has 12 rings (SSSR count). The third-order valence-electron chi connectivity index (χ3n) is 14.0. The summed E-state index contributed by atoms with van der Waals surface area (Å²) in [5.74, 6) is 0.342. The predicted octanol–water partition coefficient (Wildman–Crippen LogP) is 19.0. The summed E-state index contributed by atoms with van der Waals surface area (Å²) < 4.78 is 174. The Bertz CT molecular complexity index is 4150. The molecule has 17 heteroatoms. The maximum absolute atomic E-state index is 14.2. The van der Waals surface area contributed by atoms with E-state index in [-0.39, 0.29) is 51.3 Å². The molecule has 0 aliphatic rings. The maximum atomic E-state index is 14.2. The maximum Gasteiger partial charge on any atom is 0.416 e. The van der Waals surface area contributed by atoms with Crippen molar-refractivity contribution in [3.05, 3.63) is 228 Å². The van der Waals surface area contributed by atoms with E-state index in [9.17, 15) is 57.9 Å². The van der Waals surface area contributed by atoms with Crippen LogP contribution in [0.1, 0.15) is 27.8 Å². The van der Waals surface area contributed by atoms with Gasteiger partial charge in [-0.1, -0.05) is 109 Å². The summed E-state index contributed by atoms with van der Waals surface area (Å²) in [6.45, 7) is 0. The summed E-state index contributed by atoms with van der Waals surface area (Å²) in [4.78, 5) is 10.1. The van der Waals surface area contributed by atoms with Crippen LogP contribution >= 0.6 is 0 Å². The number of rotatable bonds is 7. The molecule has 12 aromatic rings. The molecule has 0 unspecified atom stereocenters. The van der Waals surface area contributed by atoms with E-state index in [2.05, 4.69) is 6.07 Å². The van der Waals surface area contributed by atoms with Crippen LogP contribution < -0.4 is 0 Å². The molecule has 0 saturated carbocycles. The summed E-state index contributed by atoms with van der Waals surface area (Å²) in [5, 5.41) is 13.5. The average Bonchev–Trinajstić information content (AvgIpc) is 4.17. The Morgan fingerprint density at radius 2 is 0.675 bits per heavy atom. The van der Waals surface area contributed by atoms with Gasteiger partial charge in [-0.05, 0) is 113 Å². The Balaban J connectivity index is 1.16. The van der Waals surface area contributed by atoms with Crippen LogP contribution in [0, 0.1) is 11.3 Å². The molecule has 0 aliphatic carbocycles. The van der Waals surface area contributed by atoms with Gasteiger partial charge in [-0.25, -0.2) is 9.97 Å². The highest BCUT2D eigenvalue weighted by Gasteiger charge is 2.39. The fourth-order valence-corrected chi connectivity index (χ4v) is 10.4. The second-order valence-corrected chi connectivity index (χ2v) is 19.0. The Hall–Kier alpha value is -9.69. The van der Waals surface area contributed by atoms with E-state index in [4.69, 9.17) is 9.97 Å². The van der Waals surface area contributed by atoms with Gasteiger partial charge in [0.15, 0.2) is 5.82 Å². The molecule has 9 aromatic carbocycles. The average molecular weight is 1090 g/mol. The Kier molecular flexibility index (Phi) is 12.0. The van der Waals surface area contributed by atoms with Crippen molar-refractivity contribution in [2.45, 2.75) is 24.7 Å². The summed E-state index contributed by atoms with van der Waals surface area (Å²) in [6, 6.07) is 51.7. The minimum atomic E-state index is -5.11. The van der Waals surface area contributed by atoms with E-state index in [0.29, 0.717) is 96.2 Å². The molecule has 80 heavy (non-hydrogen) atoms. The third-order valence-corrected chi connectivity index (χ3v) is 14.0. The van der Waals surface area contributed by atoms with Crippen molar-refractivity contribution < 1.29 is 52.7 Å². The minimum Gasteiger partial charge on any atom is -0.308 e. The monoisotopic (exact) mass is 1090 g/mol. The van der Waals surface area contributed by atoms with Crippen LogP contribution in [0.3, 0.4) is 0 Å². The number of alkyl halides is 12. The molecule has 394 valence electrons. The molecule has 0 saturated heterocycles. The van der Waals surface area contributed by atoms with E-state index in [1.807, 2.05) is 60.7 Å². The van der Waals surface area contributed by atoms with Gasteiger partial charge in [0.2, 0.25) is 0 Å². The molecule has 0 radical (unpaired) electrons. The fourth-order valence-electron chi connectivity index (χ4n) is 10.4. The second kappa shape index (κ2) is 18.8. The smallest absolute Gasteiger partial charge is 0.308 e. The van der Waals surface area contributed by atoms with Crippen LogP contribution in [0.5, 0.6) is 0 Å². The van der Waals surface area contributed by atoms with Crippen molar-refractivity contribution in [3.63, 3.8) is 0 Å². The zero-order chi connectivity index (χ0) is 56.0. The van der Waals surface area contributed by atoms with Gasteiger partial charge in [-0.3, -0.25) is 0 Å². The highest BCUT2D eigenvalue weighted by molar-refractivity contribution is 6.12. The number of aromatic nitrogens is 4. The molecule has 0 spiro atoms. The summed E-state index contributed by atoms with van der Waals surface area (Å²) in [7, 11) is 0. The molecule has 3 aromatic heterocycles. The lowest BCUT2D eigenvalue weighted by Crippen LogP contribution is -2.11. The van der Waals surface area contributed by atoms with Crippen molar-refractivity contribution in [2.24, 2.45) is 0 Å². The first-order chi connectivity index (χ1) is 38.1. The second-order valence-electron chi connectivity index (χ2n) is 19.0. The predicted molar refractivity (Wildman–Crippen MR) is 283 cm³/mol. The largest absolute Gasteiger partial charge is 0.416 e. The van der Waals surface area contributed by atoms with Gasteiger partial charge in [-0.2, -0.15) is 57.9 Å². The summed E-state index contributed by atoms with van der Waals surface area (Å²) >= 11 is 0. The molecule has 3 heterocycles.